The lowest BCUT2D eigenvalue weighted by Crippen LogP contribution is -2.47. The average molecular weight is 734 g/mol. The number of hydrogen-bond acceptors (Lipinski definition) is 6. The minimum Gasteiger partial charge on any atom is -0.461 e. The van der Waals surface area contributed by atoms with Gasteiger partial charge in [0.1, 0.15) is 6.61 Å². The van der Waals surface area contributed by atoms with Gasteiger partial charge in [-0.05, 0) is 48.5 Å². The molecule has 0 radical (unpaired) electrons. The summed E-state index contributed by atoms with van der Waals surface area (Å²) < 4.78 is 84.1. The van der Waals surface area contributed by atoms with E-state index < -0.39 is 29.4 Å². The standard InChI is InChI=1S/C30H26F6N4O2.4ClH/c31-29(32,33)20-4-3-5-22(18-20)40-14-12-39(13-15-40)16-17-42-28(41)24-6-1-2-7-25(24)38-26-10-11-37-27-19-21(30(34,35)36)8-9-23(26)27;;;;/h1-11,18-19H,12-17H2,(H,37,38);4*1H. The summed E-state index contributed by atoms with van der Waals surface area (Å²) in [6.45, 7) is 2.82. The molecule has 1 aromatic heterocycles. The number of alkyl halides is 6. The third-order valence-electron chi connectivity index (χ3n) is 7.04. The van der Waals surface area contributed by atoms with E-state index in [1.807, 2.05) is 4.90 Å². The van der Waals surface area contributed by atoms with Crippen molar-refractivity contribution >= 4 is 83.6 Å². The van der Waals surface area contributed by atoms with Crippen molar-refractivity contribution in [2.45, 2.75) is 12.4 Å². The Hall–Kier alpha value is -3.16. The molecule has 16 heteroatoms. The molecule has 1 N–H and O–H groups in total. The fourth-order valence-corrected chi connectivity index (χ4v) is 4.80. The van der Waals surface area contributed by atoms with Crippen molar-refractivity contribution in [3.8, 4) is 0 Å². The number of fused-ring (bicyclic) bond motifs is 1. The lowest BCUT2D eigenvalue weighted by Gasteiger charge is -2.36. The molecule has 0 spiro atoms. The molecule has 0 atom stereocenters. The Morgan fingerprint density at radius 2 is 1.41 bits per heavy atom. The van der Waals surface area contributed by atoms with Crippen LogP contribution in [0, 0.1) is 0 Å². The van der Waals surface area contributed by atoms with Crippen LogP contribution in [0.15, 0.2) is 79.0 Å². The van der Waals surface area contributed by atoms with Gasteiger partial charge in [-0.3, -0.25) is 9.88 Å². The zero-order chi connectivity index (χ0) is 29.9. The number of halogens is 10. The Labute approximate surface area is 286 Å². The Kier molecular flexibility index (Phi) is 15.2. The third-order valence-corrected chi connectivity index (χ3v) is 7.04. The van der Waals surface area contributed by atoms with Crippen molar-refractivity contribution in [3.05, 3.63) is 95.7 Å². The van der Waals surface area contributed by atoms with Gasteiger partial charge in [0.2, 0.25) is 0 Å². The molecular formula is C30H30Cl4F6N4O2. The Morgan fingerprint density at radius 3 is 2.09 bits per heavy atom. The van der Waals surface area contributed by atoms with E-state index in [1.165, 1.54) is 18.3 Å². The molecule has 4 aromatic rings. The summed E-state index contributed by atoms with van der Waals surface area (Å²) in [6.07, 6.45) is -7.51. The molecule has 3 aromatic carbocycles. The molecule has 0 unspecified atom stereocenters. The quantitative estimate of drug-likeness (QED) is 0.152. The number of esters is 1. The van der Waals surface area contributed by atoms with E-state index in [0.717, 1.165) is 24.3 Å². The van der Waals surface area contributed by atoms with Crippen molar-refractivity contribution in [2.24, 2.45) is 0 Å². The van der Waals surface area contributed by atoms with Crippen LogP contribution in [-0.4, -0.2) is 55.2 Å². The molecule has 1 saturated heterocycles. The number of nitrogens with one attached hydrogen (secondary N) is 1. The highest BCUT2D eigenvalue weighted by Crippen LogP contribution is 2.34. The van der Waals surface area contributed by atoms with Gasteiger partial charge in [0, 0.05) is 55.7 Å². The first-order valence-corrected chi connectivity index (χ1v) is 13.1. The van der Waals surface area contributed by atoms with Crippen molar-refractivity contribution in [3.63, 3.8) is 0 Å². The number of carbonyl (C=O) groups excluding carboxylic acids is 1. The molecule has 252 valence electrons. The van der Waals surface area contributed by atoms with Gasteiger partial charge in [-0.15, -0.1) is 49.6 Å². The van der Waals surface area contributed by atoms with Crippen molar-refractivity contribution < 1.29 is 35.9 Å². The van der Waals surface area contributed by atoms with Gasteiger partial charge in [0.05, 0.1) is 27.9 Å². The highest BCUT2D eigenvalue weighted by atomic mass is 35.5. The fourth-order valence-electron chi connectivity index (χ4n) is 4.80. The van der Waals surface area contributed by atoms with Crippen LogP contribution >= 0.6 is 49.6 Å². The van der Waals surface area contributed by atoms with Gasteiger partial charge in [0.15, 0.2) is 0 Å². The molecule has 5 rings (SSSR count). The lowest BCUT2D eigenvalue weighted by molar-refractivity contribution is -0.138. The maximum absolute atomic E-state index is 13.1. The summed E-state index contributed by atoms with van der Waals surface area (Å²) in [6, 6.07) is 16.8. The first kappa shape index (κ1) is 40.9. The number of aromatic nitrogens is 1. The SMILES string of the molecule is Cl.Cl.Cl.Cl.O=C(OCCN1CCN(c2cccc(C(F)(F)F)c2)CC1)c1ccccc1Nc1ccnc2cc(C(F)(F)F)ccc12. The van der Waals surface area contributed by atoms with Gasteiger partial charge in [-0.2, -0.15) is 26.3 Å². The number of hydrogen-bond donors (Lipinski definition) is 1. The molecule has 2 heterocycles. The zero-order valence-corrected chi connectivity index (χ0v) is 27.1. The number of ether oxygens (including phenoxy) is 1. The molecule has 1 aliphatic heterocycles. The Morgan fingerprint density at radius 1 is 0.761 bits per heavy atom. The number of anilines is 3. The van der Waals surface area contributed by atoms with Crippen LogP contribution in [-0.2, 0) is 17.1 Å². The number of piperazine rings is 1. The second-order valence-corrected chi connectivity index (χ2v) is 9.77. The van der Waals surface area contributed by atoms with E-state index in [1.54, 1.807) is 36.4 Å². The van der Waals surface area contributed by atoms with Crippen molar-refractivity contribution in [1.82, 2.24) is 9.88 Å². The highest BCUT2D eigenvalue weighted by molar-refractivity contribution is 5.99. The van der Waals surface area contributed by atoms with E-state index in [9.17, 15) is 31.1 Å². The largest absolute Gasteiger partial charge is 0.461 e. The van der Waals surface area contributed by atoms with Crippen LogP contribution in [0.1, 0.15) is 21.5 Å². The van der Waals surface area contributed by atoms with Crippen LogP contribution in [0.25, 0.3) is 10.9 Å². The zero-order valence-electron chi connectivity index (χ0n) is 23.8. The van der Waals surface area contributed by atoms with Gasteiger partial charge in [-0.25, -0.2) is 4.79 Å². The smallest absolute Gasteiger partial charge is 0.416 e. The van der Waals surface area contributed by atoms with E-state index >= 15 is 0 Å². The van der Waals surface area contributed by atoms with E-state index in [2.05, 4.69) is 15.2 Å². The summed E-state index contributed by atoms with van der Waals surface area (Å²) in [5.41, 5.74) is 0.337. The minimum atomic E-state index is -4.49. The molecule has 46 heavy (non-hydrogen) atoms. The second kappa shape index (κ2) is 17.1. The van der Waals surface area contributed by atoms with Gasteiger partial charge in [-0.1, -0.05) is 24.3 Å². The monoisotopic (exact) mass is 732 g/mol. The van der Waals surface area contributed by atoms with Crippen LogP contribution in [0.4, 0.5) is 43.4 Å². The summed E-state index contributed by atoms with van der Waals surface area (Å²) in [5, 5.41) is 3.58. The van der Waals surface area contributed by atoms with Gasteiger partial charge >= 0.3 is 18.3 Å². The first-order chi connectivity index (χ1) is 20.0. The third kappa shape index (κ3) is 9.92. The second-order valence-electron chi connectivity index (χ2n) is 9.77. The Balaban J connectivity index is 0.00000264. The molecule has 1 aliphatic rings. The van der Waals surface area contributed by atoms with E-state index in [4.69, 9.17) is 4.74 Å². The molecule has 0 amide bonds. The number of para-hydroxylation sites is 1. The lowest BCUT2D eigenvalue weighted by atomic mass is 10.1. The maximum Gasteiger partial charge on any atom is 0.416 e. The maximum atomic E-state index is 13.1. The molecule has 0 aliphatic carbocycles. The topological polar surface area (TPSA) is 57.7 Å². The number of nitrogens with zero attached hydrogens (tertiary/aromatic N) is 3. The predicted molar refractivity (Wildman–Crippen MR) is 176 cm³/mol. The summed E-state index contributed by atoms with van der Waals surface area (Å²) >= 11 is 0. The first-order valence-electron chi connectivity index (χ1n) is 13.1. The van der Waals surface area contributed by atoms with E-state index in [-0.39, 0.29) is 67.3 Å². The van der Waals surface area contributed by atoms with Gasteiger partial charge < -0.3 is 15.0 Å². The number of pyridine rings is 1. The molecule has 0 saturated carbocycles. The van der Waals surface area contributed by atoms with Crippen molar-refractivity contribution in [1.29, 1.82) is 0 Å². The van der Waals surface area contributed by atoms with Gasteiger partial charge in [0.25, 0.3) is 0 Å². The number of benzene rings is 3. The van der Waals surface area contributed by atoms with Crippen LogP contribution in [0.2, 0.25) is 0 Å². The normalized spacial score (nSPS) is 13.4. The number of rotatable bonds is 7. The van der Waals surface area contributed by atoms with Crippen LogP contribution in [0.5, 0.6) is 0 Å². The summed E-state index contributed by atoms with van der Waals surface area (Å²) in [7, 11) is 0. The van der Waals surface area contributed by atoms with E-state index in [0.29, 0.717) is 55.2 Å². The summed E-state index contributed by atoms with van der Waals surface area (Å²) in [5.74, 6) is -0.571. The van der Waals surface area contributed by atoms with Crippen LogP contribution < -0.4 is 10.2 Å². The molecule has 1 fully saturated rings. The average Bonchev–Trinajstić information content (AvgIpc) is 2.97. The fraction of sp³-hybridized carbons (Fsp3) is 0.267. The summed E-state index contributed by atoms with van der Waals surface area (Å²) in [4.78, 5) is 21.0. The predicted octanol–water partition coefficient (Wildman–Crippen LogP) is 8.68. The highest BCUT2D eigenvalue weighted by Gasteiger charge is 2.32. The minimum absolute atomic E-state index is 0. The molecular weight excluding hydrogens is 704 g/mol. The number of carbonyl (C=O) groups is 1. The Bertz CT molecular complexity index is 1590. The molecule has 6 nitrogen and oxygen atoms in total. The molecule has 0 bridgehead atoms. The van der Waals surface area contributed by atoms with Crippen molar-refractivity contribution in [2.75, 3.05) is 49.5 Å². The van der Waals surface area contributed by atoms with Crippen LogP contribution in [0.3, 0.4) is 0 Å².